The molecule has 1 fully saturated rings. The molecule has 3 aromatic rings. The van der Waals surface area contributed by atoms with Crippen molar-refractivity contribution in [2.45, 2.75) is 153 Å². The molecule has 0 bridgehead atoms. The summed E-state index contributed by atoms with van der Waals surface area (Å²) in [5.74, 6) is 0. The summed E-state index contributed by atoms with van der Waals surface area (Å²) in [7, 11) is -4.84. The number of nitriles is 2. The van der Waals surface area contributed by atoms with Crippen molar-refractivity contribution in [1.29, 1.82) is 10.5 Å². The Morgan fingerprint density at radius 2 is 1.54 bits per heavy atom. The van der Waals surface area contributed by atoms with E-state index in [1.165, 1.54) is 101 Å². The molecule has 6 atom stereocenters. The second-order valence-electron chi connectivity index (χ2n) is 14.9. The molecule has 4 rings (SSSR count). The maximum atomic E-state index is 13.1. The van der Waals surface area contributed by atoms with Crippen LogP contribution >= 0.6 is 7.82 Å². The minimum atomic E-state index is -4.84. The van der Waals surface area contributed by atoms with E-state index < -0.39 is 51.1 Å². The normalized spacial score (nSPS) is 21.0. The molecule has 1 saturated heterocycles. The summed E-state index contributed by atoms with van der Waals surface area (Å²) in [4.78, 5) is 18.8. The maximum Gasteiger partial charge on any atom is 0.472 e. The summed E-state index contributed by atoms with van der Waals surface area (Å²) in [5, 5.41) is 45.1. The van der Waals surface area contributed by atoms with Crippen molar-refractivity contribution in [2.75, 3.05) is 26.4 Å². The molecular formula is C41H61N6O9P. The predicted molar refractivity (Wildman–Crippen MR) is 212 cm³/mol. The van der Waals surface area contributed by atoms with E-state index in [9.17, 15) is 24.9 Å². The highest BCUT2D eigenvalue weighted by Crippen LogP contribution is 2.47. The molecule has 0 aromatic carbocycles. The summed E-state index contributed by atoms with van der Waals surface area (Å²) in [6.45, 7) is 3.36. The van der Waals surface area contributed by atoms with E-state index in [0.717, 1.165) is 19.3 Å². The fourth-order valence-electron chi connectivity index (χ4n) is 6.87. The van der Waals surface area contributed by atoms with Gasteiger partial charge in [0.1, 0.15) is 55.2 Å². The Morgan fingerprint density at radius 3 is 2.14 bits per heavy atom. The van der Waals surface area contributed by atoms with Gasteiger partial charge in [-0.2, -0.15) is 15.6 Å². The molecule has 3 aromatic heterocycles. The molecule has 16 heteroatoms. The fourth-order valence-corrected chi connectivity index (χ4v) is 7.66. The van der Waals surface area contributed by atoms with Gasteiger partial charge in [0.15, 0.2) is 0 Å². The van der Waals surface area contributed by atoms with Crippen LogP contribution in [0.4, 0.5) is 0 Å². The molecule has 2 unspecified atom stereocenters. The maximum absolute atomic E-state index is 13.1. The molecule has 1 aliphatic rings. The number of hydrogen-bond acceptors (Lipinski definition) is 13. The van der Waals surface area contributed by atoms with Gasteiger partial charge in [-0.1, -0.05) is 109 Å². The molecular weight excluding hydrogens is 751 g/mol. The average molecular weight is 813 g/mol. The fraction of sp³-hybridized carbons (Fsp3) is 0.683. The number of aliphatic hydroxyl groups excluding tert-OH is 2. The van der Waals surface area contributed by atoms with Crippen molar-refractivity contribution in [3.05, 3.63) is 59.4 Å². The number of ether oxygens (including phenoxy) is 3. The van der Waals surface area contributed by atoms with Crippen molar-refractivity contribution in [1.82, 2.24) is 19.6 Å². The smallest absolute Gasteiger partial charge is 0.387 e. The van der Waals surface area contributed by atoms with E-state index in [1.54, 1.807) is 31.2 Å². The number of aromatic nitrogens is 4. The quantitative estimate of drug-likeness (QED) is 0.0462. The summed E-state index contributed by atoms with van der Waals surface area (Å²) in [6, 6.07) is 10.4. The SMILES string of the molecule is CCCCCCCCCCCCCCCCCCOCC(COP(=O)(O)OC[C@@]1(C#N)O[C@@H](c2ccc3c(C)ncnn23)[C@H](O)[C@@H]1O)OCc1ccc(C#N)nc1. The van der Waals surface area contributed by atoms with Crippen LogP contribution in [0.5, 0.6) is 0 Å². The Hall–Kier alpha value is -3.34. The standard InChI is InChI=1S/C41H61N6O9P/c1-3-4-5-6-7-8-9-10-11-12-13-14-15-16-17-18-23-52-27-35(53-26-33-19-20-34(24-42)44-25-33)28-54-57(50,51)55-30-41(29-43)40(49)38(48)39(56-41)37-22-21-36-32(2)45-31-46-47(36)37/h19-22,25,31,35,38-40,48-49H,3-18,23,26-28,30H2,1-2H3,(H,50,51)/t35?,38-,39-,40-,41+/m0/s1. The first-order valence-electron chi connectivity index (χ1n) is 20.5. The zero-order valence-corrected chi connectivity index (χ0v) is 34.4. The molecule has 0 spiro atoms. The van der Waals surface area contributed by atoms with Crippen LogP contribution in [0.15, 0.2) is 36.8 Å². The lowest BCUT2D eigenvalue weighted by Crippen LogP contribution is -2.45. The number of phosphoric acid groups is 1. The van der Waals surface area contributed by atoms with Gasteiger partial charge in [0.25, 0.3) is 0 Å². The third kappa shape index (κ3) is 14.8. The third-order valence-corrected chi connectivity index (χ3v) is 11.3. The van der Waals surface area contributed by atoms with Gasteiger partial charge in [0.05, 0.1) is 36.7 Å². The number of nitrogens with zero attached hydrogens (tertiary/aromatic N) is 6. The summed E-state index contributed by atoms with van der Waals surface area (Å²) >= 11 is 0. The molecule has 0 amide bonds. The lowest BCUT2D eigenvalue weighted by molar-refractivity contribution is -0.0790. The van der Waals surface area contributed by atoms with Crippen LogP contribution in [0.3, 0.4) is 0 Å². The number of hydrogen-bond donors (Lipinski definition) is 3. The lowest BCUT2D eigenvalue weighted by Gasteiger charge is -2.26. The Morgan fingerprint density at radius 1 is 0.895 bits per heavy atom. The highest BCUT2D eigenvalue weighted by molar-refractivity contribution is 7.47. The Labute approximate surface area is 336 Å². The number of fused-ring (bicyclic) bond motifs is 1. The van der Waals surface area contributed by atoms with Crippen LogP contribution in [0.1, 0.15) is 138 Å². The predicted octanol–water partition coefficient (Wildman–Crippen LogP) is 7.36. The van der Waals surface area contributed by atoms with E-state index in [1.807, 2.05) is 12.1 Å². The Kier molecular flexibility index (Phi) is 20.0. The summed E-state index contributed by atoms with van der Waals surface area (Å²) in [6.07, 6.45) is 17.8. The van der Waals surface area contributed by atoms with E-state index in [-0.39, 0.29) is 18.9 Å². The molecule has 0 radical (unpaired) electrons. The first-order valence-corrected chi connectivity index (χ1v) is 22.0. The molecule has 0 aliphatic carbocycles. The monoisotopic (exact) mass is 812 g/mol. The zero-order chi connectivity index (χ0) is 40.9. The largest absolute Gasteiger partial charge is 0.472 e. The molecule has 0 saturated carbocycles. The van der Waals surface area contributed by atoms with Crippen molar-refractivity contribution >= 4 is 13.3 Å². The van der Waals surface area contributed by atoms with Crippen LogP contribution in [-0.2, 0) is 34.4 Å². The second kappa shape index (κ2) is 24.6. The van der Waals surface area contributed by atoms with E-state index >= 15 is 0 Å². The van der Waals surface area contributed by atoms with Crippen LogP contribution < -0.4 is 0 Å². The molecule has 15 nitrogen and oxygen atoms in total. The van der Waals surface area contributed by atoms with Crippen LogP contribution in [0.2, 0.25) is 0 Å². The molecule has 3 N–H and O–H groups in total. The number of aryl methyl sites for hydroxylation is 1. The van der Waals surface area contributed by atoms with Gasteiger partial charge in [-0.05, 0) is 37.1 Å². The molecule has 57 heavy (non-hydrogen) atoms. The van der Waals surface area contributed by atoms with Gasteiger partial charge in [-0.3, -0.25) is 9.05 Å². The summed E-state index contributed by atoms with van der Waals surface area (Å²) in [5.41, 5.74) is 0.383. The topological polar surface area (TPSA) is 215 Å². The summed E-state index contributed by atoms with van der Waals surface area (Å²) < 4.78 is 42.7. The van der Waals surface area contributed by atoms with Gasteiger partial charge in [0.2, 0.25) is 5.60 Å². The van der Waals surface area contributed by atoms with E-state index in [0.29, 0.717) is 29.1 Å². The lowest BCUT2D eigenvalue weighted by atomic mass is 9.96. The number of unbranched alkanes of at least 4 members (excludes halogenated alkanes) is 15. The van der Waals surface area contributed by atoms with Crippen molar-refractivity contribution < 1.29 is 42.9 Å². The number of aliphatic hydroxyl groups is 2. The first kappa shape index (κ1) is 46.4. The van der Waals surface area contributed by atoms with E-state index in [4.69, 9.17) is 28.5 Å². The van der Waals surface area contributed by atoms with Gasteiger partial charge in [0, 0.05) is 12.8 Å². The van der Waals surface area contributed by atoms with Crippen LogP contribution in [0.25, 0.3) is 5.52 Å². The number of phosphoric ester groups is 1. The van der Waals surface area contributed by atoms with Crippen LogP contribution in [0, 0.1) is 29.6 Å². The molecule has 1 aliphatic heterocycles. The minimum Gasteiger partial charge on any atom is -0.387 e. The van der Waals surface area contributed by atoms with Crippen molar-refractivity contribution in [3.8, 4) is 12.1 Å². The average Bonchev–Trinajstić information content (AvgIpc) is 3.76. The molecule has 314 valence electrons. The highest BCUT2D eigenvalue weighted by atomic mass is 31.2. The van der Waals surface area contributed by atoms with Gasteiger partial charge in [-0.25, -0.2) is 19.0 Å². The van der Waals surface area contributed by atoms with Gasteiger partial charge < -0.3 is 29.3 Å². The molecule has 4 heterocycles. The van der Waals surface area contributed by atoms with Crippen molar-refractivity contribution in [2.24, 2.45) is 0 Å². The van der Waals surface area contributed by atoms with Gasteiger partial charge >= 0.3 is 7.82 Å². The number of pyridine rings is 1. The highest BCUT2D eigenvalue weighted by Gasteiger charge is 2.57. The number of rotatable bonds is 29. The Balaban J connectivity index is 1.19. The second-order valence-corrected chi connectivity index (χ2v) is 16.3. The minimum absolute atomic E-state index is 0.0641. The third-order valence-electron chi connectivity index (χ3n) is 10.3. The van der Waals surface area contributed by atoms with Crippen molar-refractivity contribution in [3.63, 3.8) is 0 Å². The van der Waals surface area contributed by atoms with Gasteiger partial charge in [-0.15, -0.1) is 0 Å². The van der Waals surface area contributed by atoms with E-state index in [2.05, 4.69) is 22.0 Å². The first-order chi connectivity index (χ1) is 27.6. The zero-order valence-electron chi connectivity index (χ0n) is 33.5. The van der Waals surface area contributed by atoms with Crippen LogP contribution in [-0.4, -0.2) is 85.0 Å². The Bertz CT molecular complexity index is 1750.